The fourth-order valence-corrected chi connectivity index (χ4v) is 2.53. The lowest BCUT2D eigenvalue weighted by Gasteiger charge is -2.25. The van der Waals surface area contributed by atoms with Gasteiger partial charge in [0.1, 0.15) is 6.61 Å². The largest absolute Gasteiger partial charge is 0.485 e. The predicted octanol–water partition coefficient (Wildman–Crippen LogP) is 3.18. The van der Waals surface area contributed by atoms with E-state index >= 15 is 0 Å². The molecule has 0 N–H and O–H groups in total. The summed E-state index contributed by atoms with van der Waals surface area (Å²) in [5.41, 5.74) is 0.797. The zero-order valence-corrected chi connectivity index (χ0v) is 14.0. The third-order valence-electron chi connectivity index (χ3n) is 3.87. The minimum Gasteiger partial charge on any atom is -0.485 e. The highest BCUT2D eigenvalue weighted by atomic mass is 16.6. The van der Waals surface area contributed by atoms with E-state index in [1.807, 2.05) is 42.5 Å². The van der Waals surface area contributed by atoms with E-state index in [4.69, 9.17) is 18.6 Å². The van der Waals surface area contributed by atoms with Gasteiger partial charge in [0.05, 0.1) is 0 Å². The number of esters is 1. The molecular formula is C19H16N2O5. The normalized spacial score (nSPS) is 16.7. The van der Waals surface area contributed by atoms with Crippen LogP contribution in [0, 0.1) is 0 Å². The number of carbonyl (C=O) groups is 1. The summed E-state index contributed by atoms with van der Waals surface area (Å²) in [6.07, 6.45) is -1.54. The Balaban J connectivity index is 1.41. The van der Waals surface area contributed by atoms with Gasteiger partial charge in [-0.1, -0.05) is 30.3 Å². The van der Waals surface area contributed by atoms with Gasteiger partial charge >= 0.3 is 5.97 Å². The van der Waals surface area contributed by atoms with Crippen LogP contribution in [0.2, 0.25) is 0 Å². The van der Waals surface area contributed by atoms with E-state index in [-0.39, 0.29) is 12.5 Å². The van der Waals surface area contributed by atoms with Gasteiger partial charge in [0.2, 0.25) is 12.0 Å². The van der Waals surface area contributed by atoms with Crippen LogP contribution in [0.5, 0.6) is 11.5 Å². The molecule has 0 aliphatic carbocycles. The molecule has 7 heteroatoms. The highest BCUT2D eigenvalue weighted by Crippen LogP contribution is 2.31. The molecule has 0 saturated heterocycles. The quantitative estimate of drug-likeness (QED) is 0.667. The fourth-order valence-electron chi connectivity index (χ4n) is 2.53. The van der Waals surface area contributed by atoms with Crippen LogP contribution < -0.4 is 9.47 Å². The summed E-state index contributed by atoms with van der Waals surface area (Å²) in [5.74, 6) is 1.15. The second kappa shape index (κ2) is 6.87. The van der Waals surface area contributed by atoms with Gasteiger partial charge in [-0.05, 0) is 31.2 Å². The smallest absolute Gasteiger partial charge is 0.351 e. The molecular weight excluding hydrogens is 336 g/mol. The number of para-hydroxylation sites is 2. The molecule has 4 rings (SSSR count). The van der Waals surface area contributed by atoms with E-state index in [2.05, 4.69) is 10.2 Å². The van der Waals surface area contributed by atoms with Crippen molar-refractivity contribution < 1.29 is 23.4 Å². The van der Waals surface area contributed by atoms with Crippen molar-refractivity contribution in [2.75, 3.05) is 6.61 Å². The van der Waals surface area contributed by atoms with Crippen molar-refractivity contribution >= 4 is 5.97 Å². The van der Waals surface area contributed by atoms with Crippen LogP contribution in [0.4, 0.5) is 0 Å². The van der Waals surface area contributed by atoms with Gasteiger partial charge in [-0.3, -0.25) is 0 Å². The number of fused-ring (bicyclic) bond motifs is 1. The first-order valence-electron chi connectivity index (χ1n) is 8.18. The highest BCUT2D eigenvalue weighted by Gasteiger charge is 2.31. The van der Waals surface area contributed by atoms with Crippen molar-refractivity contribution in [3.8, 4) is 23.0 Å². The van der Waals surface area contributed by atoms with Gasteiger partial charge < -0.3 is 18.6 Å². The minimum absolute atomic E-state index is 0.0850. The summed E-state index contributed by atoms with van der Waals surface area (Å²) in [6.45, 7) is 1.75. The van der Waals surface area contributed by atoms with Crippen LogP contribution in [0.3, 0.4) is 0 Å². The molecule has 0 bridgehead atoms. The van der Waals surface area contributed by atoms with Crippen LogP contribution in [-0.4, -0.2) is 28.9 Å². The van der Waals surface area contributed by atoms with Crippen molar-refractivity contribution in [1.82, 2.24) is 10.2 Å². The molecule has 1 aliphatic rings. The molecule has 26 heavy (non-hydrogen) atoms. The van der Waals surface area contributed by atoms with Crippen molar-refractivity contribution in [2.45, 2.75) is 19.1 Å². The van der Waals surface area contributed by atoms with E-state index in [1.54, 1.807) is 19.1 Å². The average Bonchev–Trinajstić information content (AvgIpc) is 3.18. The lowest BCUT2D eigenvalue weighted by atomic mass is 10.2. The summed E-state index contributed by atoms with van der Waals surface area (Å²) >= 11 is 0. The van der Waals surface area contributed by atoms with Crippen LogP contribution in [-0.2, 0) is 9.53 Å². The first-order valence-corrected chi connectivity index (χ1v) is 8.18. The summed E-state index contributed by atoms with van der Waals surface area (Å²) < 4.78 is 22.2. The number of rotatable bonds is 4. The Morgan fingerprint density at radius 2 is 1.81 bits per heavy atom. The molecule has 2 atom stereocenters. The lowest BCUT2D eigenvalue weighted by molar-refractivity contribution is -0.160. The maximum absolute atomic E-state index is 12.4. The number of ether oxygens (including phenoxy) is 3. The molecule has 2 heterocycles. The first-order chi connectivity index (χ1) is 12.7. The van der Waals surface area contributed by atoms with Gasteiger partial charge in [-0.25, -0.2) is 4.79 Å². The van der Waals surface area contributed by atoms with Gasteiger partial charge in [-0.2, -0.15) is 0 Å². The number of nitrogens with zero attached hydrogens (tertiary/aromatic N) is 2. The van der Waals surface area contributed by atoms with E-state index in [9.17, 15) is 4.79 Å². The number of hydrogen-bond acceptors (Lipinski definition) is 7. The van der Waals surface area contributed by atoms with Crippen molar-refractivity contribution in [3.63, 3.8) is 0 Å². The van der Waals surface area contributed by atoms with E-state index in [1.165, 1.54) is 0 Å². The van der Waals surface area contributed by atoms with Crippen molar-refractivity contribution in [1.29, 1.82) is 0 Å². The lowest BCUT2D eigenvalue weighted by Crippen LogP contribution is -2.38. The maximum atomic E-state index is 12.4. The topological polar surface area (TPSA) is 83.7 Å². The first kappa shape index (κ1) is 16.1. The minimum atomic E-state index is -0.844. The van der Waals surface area contributed by atoms with Gasteiger partial charge in [-0.15, -0.1) is 10.2 Å². The highest BCUT2D eigenvalue weighted by molar-refractivity contribution is 5.76. The Labute approximate surface area is 149 Å². The van der Waals surface area contributed by atoms with Gasteiger partial charge in [0.25, 0.3) is 5.89 Å². The summed E-state index contributed by atoms with van der Waals surface area (Å²) in [5, 5.41) is 7.95. The van der Waals surface area contributed by atoms with E-state index in [0.717, 1.165) is 5.56 Å². The average molecular weight is 352 g/mol. The summed E-state index contributed by atoms with van der Waals surface area (Å²) in [4.78, 5) is 12.4. The monoisotopic (exact) mass is 352 g/mol. The second-order valence-corrected chi connectivity index (χ2v) is 5.75. The summed E-state index contributed by atoms with van der Waals surface area (Å²) in [6, 6.07) is 16.5. The van der Waals surface area contributed by atoms with E-state index in [0.29, 0.717) is 17.4 Å². The molecule has 7 nitrogen and oxygen atoms in total. The van der Waals surface area contributed by atoms with Crippen molar-refractivity contribution in [3.05, 3.63) is 60.5 Å². The van der Waals surface area contributed by atoms with Gasteiger partial charge in [0.15, 0.2) is 17.6 Å². The molecule has 0 saturated carbocycles. The predicted molar refractivity (Wildman–Crippen MR) is 90.6 cm³/mol. The Hall–Kier alpha value is -3.35. The second-order valence-electron chi connectivity index (χ2n) is 5.75. The maximum Gasteiger partial charge on any atom is 0.351 e. The Morgan fingerprint density at radius 1 is 1.08 bits per heavy atom. The Kier molecular flexibility index (Phi) is 4.27. The fraction of sp³-hybridized carbons (Fsp3) is 0.211. The number of hydrogen-bond donors (Lipinski definition) is 0. The number of benzene rings is 2. The number of aromatic nitrogens is 2. The van der Waals surface area contributed by atoms with E-state index < -0.39 is 18.2 Å². The van der Waals surface area contributed by atoms with Crippen molar-refractivity contribution in [2.24, 2.45) is 0 Å². The Morgan fingerprint density at radius 3 is 2.62 bits per heavy atom. The van der Waals surface area contributed by atoms with Crippen LogP contribution in [0.15, 0.2) is 59.0 Å². The molecule has 0 radical (unpaired) electrons. The third-order valence-corrected chi connectivity index (χ3v) is 3.87. The van der Waals surface area contributed by atoms with Crippen LogP contribution in [0.25, 0.3) is 11.5 Å². The molecule has 1 aliphatic heterocycles. The molecule has 0 unspecified atom stereocenters. The standard InChI is InChI=1S/C19H16N2O5/c1-12(17-20-21-18(26-17)13-7-3-2-4-8-13)24-19(22)16-11-23-14-9-5-6-10-15(14)25-16/h2-10,12,16H,11H2,1H3/t12-,16-/m0/s1. The zero-order valence-electron chi connectivity index (χ0n) is 14.0. The third kappa shape index (κ3) is 3.23. The van der Waals surface area contributed by atoms with Crippen LogP contribution >= 0.6 is 0 Å². The molecule has 1 aromatic heterocycles. The molecule has 0 amide bonds. The number of carbonyl (C=O) groups excluding carboxylic acids is 1. The SMILES string of the molecule is C[C@H](OC(=O)[C@@H]1COc2ccccc2O1)c1nnc(-c2ccccc2)o1. The zero-order chi connectivity index (χ0) is 17.9. The van der Waals surface area contributed by atoms with Gasteiger partial charge in [0, 0.05) is 5.56 Å². The Bertz CT molecular complexity index is 909. The molecule has 3 aromatic rings. The molecule has 0 spiro atoms. The molecule has 0 fully saturated rings. The molecule has 2 aromatic carbocycles. The summed E-state index contributed by atoms with van der Waals surface area (Å²) in [7, 11) is 0. The molecule has 132 valence electrons. The van der Waals surface area contributed by atoms with Crippen LogP contribution in [0.1, 0.15) is 18.9 Å².